The third-order valence-electron chi connectivity index (χ3n) is 3.17. The molecule has 104 valence electrons. The number of rotatable bonds is 6. The summed E-state index contributed by atoms with van der Waals surface area (Å²) in [5.41, 5.74) is 1.22. The highest BCUT2D eigenvalue weighted by atomic mass is 16.5. The maximum atomic E-state index is 9.27. The highest BCUT2D eigenvalue weighted by molar-refractivity contribution is 6.59. The van der Waals surface area contributed by atoms with E-state index in [4.69, 9.17) is 14.2 Å². The topological polar surface area (TPSA) is 68.2 Å². The number of ether oxygens (including phenoxy) is 3. The lowest BCUT2D eigenvalue weighted by Crippen LogP contribution is -2.31. The first-order chi connectivity index (χ1) is 9.20. The Bertz CT molecular complexity index is 404. The minimum Gasteiger partial charge on any atom is -0.497 e. The molecule has 6 heteroatoms. The van der Waals surface area contributed by atoms with Gasteiger partial charge in [0.05, 0.1) is 26.4 Å². The highest BCUT2D eigenvalue weighted by Crippen LogP contribution is 2.14. The summed E-state index contributed by atoms with van der Waals surface area (Å²) < 4.78 is 16.1. The fraction of sp³-hybridized carbons (Fsp3) is 0.538. The van der Waals surface area contributed by atoms with Gasteiger partial charge in [-0.15, -0.1) is 0 Å². The quantitative estimate of drug-likeness (QED) is 0.713. The molecule has 5 nitrogen and oxygen atoms in total. The molecule has 2 N–H and O–H groups in total. The van der Waals surface area contributed by atoms with Gasteiger partial charge < -0.3 is 24.3 Å². The molecule has 0 saturated carbocycles. The van der Waals surface area contributed by atoms with Gasteiger partial charge in [0.1, 0.15) is 5.75 Å². The van der Waals surface area contributed by atoms with Crippen molar-refractivity contribution in [2.45, 2.75) is 25.6 Å². The van der Waals surface area contributed by atoms with E-state index in [9.17, 15) is 10.0 Å². The van der Waals surface area contributed by atoms with E-state index in [0.29, 0.717) is 24.4 Å². The molecule has 1 saturated heterocycles. The van der Waals surface area contributed by atoms with Gasteiger partial charge in [-0.1, -0.05) is 12.1 Å². The van der Waals surface area contributed by atoms with E-state index >= 15 is 0 Å². The van der Waals surface area contributed by atoms with Crippen LogP contribution in [0.3, 0.4) is 0 Å². The van der Waals surface area contributed by atoms with Crippen LogP contribution in [-0.4, -0.2) is 43.6 Å². The van der Waals surface area contributed by atoms with Crippen LogP contribution in [-0.2, 0) is 16.1 Å². The molecule has 1 aromatic rings. The average Bonchev–Trinajstić information content (AvgIpc) is 2.91. The first-order valence-corrected chi connectivity index (χ1v) is 6.43. The zero-order valence-corrected chi connectivity index (χ0v) is 11.0. The summed E-state index contributed by atoms with van der Waals surface area (Å²) in [6, 6.07) is 5.23. The molecular weight excluding hydrogens is 247 g/mol. The molecule has 1 atom stereocenters. The number of methoxy groups -OCH3 is 1. The van der Waals surface area contributed by atoms with Crippen LogP contribution in [0.15, 0.2) is 18.2 Å². The summed E-state index contributed by atoms with van der Waals surface area (Å²) in [6.45, 7) is 1.81. The number of hydrogen-bond acceptors (Lipinski definition) is 5. The fourth-order valence-electron chi connectivity index (χ4n) is 2.16. The van der Waals surface area contributed by atoms with Crippen LogP contribution >= 0.6 is 0 Å². The Morgan fingerprint density at radius 1 is 1.42 bits per heavy atom. The molecule has 1 heterocycles. The predicted molar refractivity (Wildman–Crippen MR) is 71.4 cm³/mol. The van der Waals surface area contributed by atoms with Gasteiger partial charge in [0.15, 0.2) is 0 Å². The summed E-state index contributed by atoms with van der Waals surface area (Å²) in [4.78, 5) is 0. The van der Waals surface area contributed by atoms with Crippen LogP contribution in [0.2, 0.25) is 0 Å². The molecule has 2 rings (SSSR count). The average molecular weight is 266 g/mol. The molecule has 1 aromatic carbocycles. The Kier molecular flexibility index (Phi) is 5.21. The van der Waals surface area contributed by atoms with Crippen molar-refractivity contribution in [1.29, 1.82) is 0 Å². The van der Waals surface area contributed by atoms with E-state index in [-0.39, 0.29) is 6.10 Å². The molecule has 0 bridgehead atoms. The van der Waals surface area contributed by atoms with E-state index in [1.54, 1.807) is 12.1 Å². The Labute approximate surface area is 113 Å². The lowest BCUT2D eigenvalue weighted by Gasteiger charge is -2.12. The second-order valence-corrected chi connectivity index (χ2v) is 4.60. The van der Waals surface area contributed by atoms with Crippen molar-refractivity contribution in [2.24, 2.45) is 0 Å². The van der Waals surface area contributed by atoms with Crippen LogP contribution in [0, 0.1) is 0 Å². The SMILES string of the molecule is COc1ccc(COCC2CCCO2)cc1B(O)O. The smallest absolute Gasteiger partial charge is 0.492 e. The molecule has 0 amide bonds. The minimum atomic E-state index is -1.55. The summed E-state index contributed by atoms with van der Waals surface area (Å²) in [7, 11) is -0.0532. The Hall–Kier alpha value is -1.08. The number of benzene rings is 1. The van der Waals surface area contributed by atoms with Crippen LogP contribution in [0.1, 0.15) is 18.4 Å². The molecule has 0 spiro atoms. The Balaban J connectivity index is 1.90. The van der Waals surface area contributed by atoms with Gasteiger partial charge in [0, 0.05) is 12.1 Å². The predicted octanol–water partition coefficient (Wildman–Crippen LogP) is 0.0706. The third kappa shape index (κ3) is 3.94. The van der Waals surface area contributed by atoms with Gasteiger partial charge in [-0.3, -0.25) is 0 Å². The van der Waals surface area contributed by atoms with Crippen molar-refractivity contribution in [1.82, 2.24) is 0 Å². The molecule has 19 heavy (non-hydrogen) atoms. The summed E-state index contributed by atoms with van der Waals surface area (Å²) in [5.74, 6) is 0.456. The molecule has 0 radical (unpaired) electrons. The standard InChI is InChI=1S/C13H19BO5/c1-17-13-5-4-10(7-12(13)14(15)16)8-18-9-11-3-2-6-19-11/h4-5,7,11,15-16H,2-3,6,8-9H2,1H3. The summed E-state index contributed by atoms with van der Waals surface area (Å²) in [5, 5.41) is 18.5. The Morgan fingerprint density at radius 3 is 2.89 bits per heavy atom. The van der Waals surface area contributed by atoms with E-state index in [1.165, 1.54) is 7.11 Å². The van der Waals surface area contributed by atoms with Crippen molar-refractivity contribution in [3.63, 3.8) is 0 Å². The summed E-state index contributed by atoms with van der Waals surface area (Å²) in [6.07, 6.45) is 2.34. The summed E-state index contributed by atoms with van der Waals surface area (Å²) >= 11 is 0. The zero-order valence-electron chi connectivity index (χ0n) is 11.0. The van der Waals surface area contributed by atoms with E-state index in [0.717, 1.165) is 25.0 Å². The van der Waals surface area contributed by atoms with Crippen molar-refractivity contribution in [3.8, 4) is 5.75 Å². The second-order valence-electron chi connectivity index (χ2n) is 4.60. The second kappa shape index (κ2) is 6.91. The van der Waals surface area contributed by atoms with Crippen molar-refractivity contribution in [3.05, 3.63) is 23.8 Å². The van der Waals surface area contributed by atoms with Gasteiger partial charge in [-0.25, -0.2) is 0 Å². The lowest BCUT2D eigenvalue weighted by atomic mass is 9.79. The van der Waals surface area contributed by atoms with Crippen LogP contribution in [0.5, 0.6) is 5.75 Å². The van der Waals surface area contributed by atoms with Gasteiger partial charge in [0.2, 0.25) is 0 Å². The van der Waals surface area contributed by atoms with Gasteiger partial charge >= 0.3 is 7.12 Å². The van der Waals surface area contributed by atoms with Crippen molar-refractivity contribution < 1.29 is 24.3 Å². The zero-order chi connectivity index (χ0) is 13.7. The monoisotopic (exact) mass is 266 g/mol. The number of hydrogen-bond donors (Lipinski definition) is 2. The molecule has 1 fully saturated rings. The van der Waals surface area contributed by atoms with Gasteiger partial charge in [-0.05, 0) is 24.5 Å². The fourth-order valence-corrected chi connectivity index (χ4v) is 2.16. The van der Waals surface area contributed by atoms with Crippen molar-refractivity contribution >= 4 is 12.6 Å². The van der Waals surface area contributed by atoms with E-state index in [2.05, 4.69) is 0 Å². The highest BCUT2D eigenvalue weighted by Gasteiger charge is 2.18. The normalized spacial score (nSPS) is 18.6. The first kappa shape index (κ1) is 14.3. The van der Waals surface area contributed by atoms with Crippen LogP contribution in [0.25, 0.3) is 0 Å². The lowest BCUT2D eigenvalue weighted by molar-refractivity contribution is 0.0106. The molecule has 1 aliphatic heterocycles. The Morgan fingerprint density at radius 2 is 2.26 bits per heavy atom. The van der Waals surface area contributed by atoms with Gasteiger partial charge in [0.25, 0.3) is 0 Å². The van der Waals surface area contributed by atoms with E-state index in [1.807, 2.05) is 6.07 Å². The molecule has 0 aromatic heterocycles. The first-order valence-electron chi connectivity index (χ1n) is 6.43. The van der Waals surface area contributed by atoms with Crippen LogP contribution in [0.4, 0.5) is 0 Å². The van der Waals surface area contributed by atoms with Gasteiger partial charge in [-0.2, -0.15) is 0 Å². The maximum Gasteiger partial charge on any atom is 0.492 e. The minimum absolute atomic E-state index is 0.196. The third-order valence-corrected chi connectivity index (χ3v) is 3.17. The molecule has 1 unspecified atom stereocenters. The maximum absolute atomic E-state index is 9.27. The van der Waals surface area contributed by atoms with E-state index < -0.39 is 7.12 Å². The van der Waals surface area contributed by atoms with Crippen molar-refractivity contribution in [2.75, 3.05) is 20.3 Å². The molecule has 0 aliphatic carbocycles. The van der Waals surface area contributed by atoms with Crippen LogP contribution < -0.4 is 10.2 Å². The molecule has 1 aliphatic rings. The molecular formula is C13H19BO5. The largest absolute Gasteiger partial charge is 0.497 e.